The highest BCUT2D eigenvalue weighted by Gasteiger charge is 2.11. The van der Waals surface area contributed by atoms with Gasteiger partial charge in [-0.1, -0.05) is 29.8 Å². The molecule has 20 heavy (non-hydrogen) atoms. The van der Waals surface area contributed by atoms with Crippen molar-refractivity contribution in [3.05, 3.63) is 52.3 Å². The molecule has 4 heteroatoms. The van der Waals surface area contributed by atoms with Gasteiger partial charge in [0, 0.05) is 29.0 Å². The Bertz CT molecular complexity index is 584. The minimum atomic E-state index is 0.400. The van der Waals surface area contributed by atoms with Crippen LogP contribution in [0.4, 0.5) is 0 Å². The number of aromatic nitrogens is 1. The first-order valence-corrected chi connectivity index (χ1v) is 7.46. The zero-order chi connectivity index (χ0) is 14.5. The SMILES string of the molecule is CNCc1cnccc1Oc1ccc(Br)cc1C(C)C. The smallest absolute Gasteiger partial charge is 0.135 e. The molecule has 0 bridgehead atoms. The summed E-state index contributed by atoms with van der Waals surface area (Å²) < 4.78 is 7.18. The van der Waals surface area contributed by atoms with Crippen molar-refractivity contribution in [3.8, 4) is 11.5 Å². The van der Waals surface area contributed by atoms with E-state index in [1.807, 2.05) is 31.4 Å². The molecule has 0 fully saturated rings. The van der Waals surface area contributed by atoms with E-state index in [9.17, 15) is 0 Å². The van der Waals surface area contributed by atoms with E-state index >= 15 is 0 Å². The topological polar surface area (TPSA) is 34.2 Å². The molecule has 2 rings (SSSR count). The van der Waals surface area contributed by atoms with Crippen LogP contribution >= 0.6 is 15.9 Å². The van der Waals surface area contributed by atoms with Crippen LogP contribution in [0.3, 0.4) is 0 Å². The lowest BCUT2D eigenvalue weighted by molar-refractivity contribution is 0.464. The molecule has 0 amide bonds. The molecule has 0 atom stereocenters. The molecule has 0 unspecified atom stereocenters. The Morgan fingerprint density at radius 3 is 2.75 bits per heavy atom. The largest absolute Gasteiger partial charge is 0.457 e. The first-order valence-electron chi connectivity index (χ1n) is 6.66. The van der Waals surface area contributed by atoms with Gasteiger partial charge in [0.1, 0.15) is 11.5 Å². The fourth-order valence-electron chi connectivity index (χ4n) is 2.02. The number of hydrogen-bond acceptors (Lipinski definition) is 3. The minimum absolute atomic E-state index is 0.400. The van der Waals surface area contributed by atoms with Crippen molar-refractivity contribution in [2.24, 2.45) is 0 Å². The molecule has 0 saturated heterocycles. The summed E-state index contributed by atoms with van der Waals surface area (Å²) >= 11 is 3.51. The van der Waals surface area contributed by atoms with E-state index in [1.54, 1.807) is 6.20 Å². The second kappa shape index (κ2) is 6.86. The summed E-state index contributed by atoms with van der Waals surface area (Å²) in [6, 6.07) is 8.01. The van der Waals surface area contributed by atoms with Crippen LogP contribution in [0.15, 0.2) is 41.1 Å². The standard InChI is InChI=1S/C16H19BrN2O/c1-11(2)14-8-13(17)4-5-16(14)20-15-6-7-19-10-12(15)9-18-3/h4-8,10-11,18H,9H2,1-3H3. The Labute approximate surface area is 128 Å². The summed E-state index contributed by atoms with van der Waals surface area (Å²) in [5.41, 5.74) is 2.24. The van der Waals surface area contributed by atoms with Gasteiger partial charge in [-0.25, -0.2) is 0 Å². The van der Waals surface area contributed by atoms with Crippen molar-refractivity contribution in [2.45, 2.75) is 26.3 Å². The fourth-order valence-corrected chi connectivity index (χ4v) is 2.40. The van der Waals surface area contributed by atoms with Gasteiger partial charge in [-0.3, -0.25) is 4.98 Å². The summed E-state index contributed by atoms with van der Waals surface area (Å²) in [5, 5.41) is 3.13. The van der Waals surface area contributed by atoms with Gasteiger partial charge in [-0.15, -0.1) is 0 Å². The van der Waals surface area contributed by atoms with Gasteiger partial charge < -0.3 is 10.1 Å². The van der Waals surface area contributed by atoms with Crippen molar-refractivity contribution in [1.82, 2.24) is 10.3 Å². The van der Waals surface area contributed by atoms with E-state index in [4.69, 9.17) is 4.74 Å². The van der Waals surface area contributed by atoms with Gasteiger partial charge in [0.05, 0.1) is 0 Å². The molecule has 0 aliphatic carbocycles. The Hall–Kier alpha value is -1.39. The Morgan fingerprint density at radius 2 is 2.05 bits per heavy atom. The number of nitrogens with zero attached hydrogens (tertiary/aromatic N) is 1. The highest BCUT2D eigenvalue weighted by Crippen LogP contribution is 2.33. The van der Waals surface area contributed by atoms with Crippen molar-refractivity contribution in [3.63, 3.8) is 0 Å². The minimum Gasteiger partial charge on any atom is -0.457 e. The van der Waals surface area contributed by atoms with Gasteiger partial charge >= 0.3 is 0 Å². The first-order chi connectivity index (χ1) is 9.61. The van der Waals surface area contributed by atoms with Crippen molar-refractivity contribution in [2.75, 3.05) is 7.05 Å². The van der Waals surface area contributed by atoms with Gasteiger partial charge in [0.2, 0.25) is 0 Å². The lowest BCUT2D eigenvalue weighted by atomic mass is 10.0. The van der Waals surface area contributed by atoms with Crippen LogP contribution in [0.1, 0.15) is 30.9 Å². The lowest BCUT2D eigenvalue weighted by Gasteiger charge is -2.16. The Morgan fingerprint density at radius 1 is 1.25 bits per heavy atom. The van der Waals surface area contributed by atoms with Crippen LogP contribution in [0.25, 0.3) is 0 Å². The molecule has 0 aliphatic heterocycles. The van der Waals surface area contributed by atoms with Crippen LogP contribution in [0.2, 0.25) is 0 Å². The zero-order valence-electron chi connectivity index (χ0n) is 12.0. The van der Waals surface area contributed by atoms with E-state index in [2.05, 4.69) is 46.1 Å². The zero-order valence-corrected chi connectivity index (χ0v) is 13.6. The molecule has 2 aromatic rings. The predicted octanol–water partition coefficient (Wildman–Crippen LogP) is 4.48. The Balaban J connectivity index is 2.35. The van der Waals surface area contributed by atoms with Gasteiger partial charge in [0.25, 0.3) is 0 Å². The first kappa shape index (κ1) is 15.0. The highest BCUT2D eigenvalue weighted by atomic mass is 79.9. The van der Waals surface area contributed by atoms with Crippen molar-refractivity contribution in [1.29, 1.82) is 0 Å². The number of benzene rings is 1. The average Bonchev–Trinajstić information content (AvgIpc) is 2.43. The number of halogens is 1. The average molecular weight is 335 g/mol. The second-order valence-electron chi connectivity index (χ2n) is 4.95. The van der Waals surface area contributed by atoms with Crippen LogP contribution in [-0.2, 0) is 6.54 Å². The highest BCUT2D eigenvalue weighted by molar-refractivity contribution is 9.10. The van der Waals surface area contributed by atoms with E-state index in [-0.39, 0.29) is 0 Å². The number of nitrogens with one attached hydrogen (secondary N) is 1. The van der Waals surface area contributed by atoms with E-state index < -0.39 is 0 Å². The fraction of sp³-hybridized carbons (Fsp3) is 0.312. The van der Waals surface area contributed by atoms with E-state index in [0.29, 0.717) is 5.92 Å². The van der Waals surface area contributed by atoms with Gasteiger partial charge in [0.15, 0.2) is 0 Å². The third kappa shape index (κ3) is 3.58. The molecular formula is C16H19BrN2O. The molecule has 1 heterocycles. The molecule has 1 aromatic heterocycles. The summed E-state index contributed by atoms with van der Waals surface area (Å²) in [5.74, 6) is 2.14. The normalized spacial score (nSPS) is 10.8. The number of pyridine rings is 1. The number of ether oxygens (including phenoxy) is 1. The van der Waals surface area contributed by atoms with E-state index in [0.717, 1.165) is 28.1 Å². The predicted molar refractivity (Wildman–Crippen MR) is 85.3 cm³/mol. The van der Waals surface area contributed by atoms with Crippen molar-refractivity contribution < 1.29 is 4.74 Å². The third-order valence-corrected chi connectivity index (χ3v) is 3.53. The van der Waals surface area contributed by atoms with Gasteiger partial charge in [-0.05, 0) is 42.8 Å². The van der Waals surface area contributed by atoms with Gasteiger partial charge in [-0.2, -0.15) is 0 Å². The lowest BCUT2D eigenvalue weighted by Crippen LogP contribution is -2.07. The molecule has 0 spiro atoms. The molecule has 1 aromatic carbocycles. The third-order valence-electron chi connectivity index (χ3n) is 3.04. The van der Waals surface area contributed by atoms with Crippen molar-refractivity contribution >= 4 is 15.9 Å². The van der Waals surface area contributed by atoms with Crippen LogP contribution in [-0.4, -0.2) is 12.0 Å². The Kier molecular flexibility index (Phi) is 5.15. The number of rotatable bonds is 5. The van der Waals surface area contributed by atoms with Crippen LogP contribution < -0.4 is 10.1 Å². The van der Waals surface area contributed by atoms with Crippen LogP contribution in [0, 0.1) is 0 Å². The summed E-state index contributed by atoms with van der Waals surface area (Å²) in [6.45, 7) is 5.06. The van der Waals surface area contributed by atoms with E-state index in [1.165, 1.54) is 5.56 Å². The molecule has 0 aliphatic rings. The monoisotopic (exact) mass is 334 g/mol. The molecule has 1 N–H and O–H groups in total. The molecule has 3 nitrogen and oxygen atoms in total. The molecule has 0 radical (unpaired) electrons. The summed E-state index contributed by atoms with van der Waals surface area (Å²) in [7, 11) is 1.91. The quantitative estimate of drug-likeness (QED) is 0.875. The second-order valence-corrected chi connectivity index (χ2v) is 5.87. The maximum absolute atomic E-state index is 6.11. The summed E-state index contributed by atoms with van der Waals surface area (Å²) in [4.78, 5) is 4.15. The number of hydrogen-bond donors (Lipinski definition) is 1. The molecular weight excluding hydrogens is 316 g/mol. The summed E-state index contributed by atoms with van der Waals surface area (Å²) in [6.07, 6.45) is 3.59. The van der Waals surface area contributed by atoms with Crippen LogP contribution in [0.5, 0.6) is 11.5 Å². The molecule has 106 valence electrons. The maximum atomic E-state index is 6.11. The maximum Gasteiger partial charge on any atom is 0.135 e. The molecule has 0 saturated carbocycles.